The zero-order valence-corrected chi connectivity index (χ0v) is 41.0. The minimum atomic E-state index is -3.52. The van der Waals surface area contributed by atoms with Crippen molar-refractivity contribution in [2.75, 3.05) is 44.6 Å². The number of aryl methyl sites for hydroxylation is 2. The number of nitrogens with one attached hydrogen (secondary N) is 3. The minimum Gasteiger partial charge on any atom is -0.505 e. The molecule has 10 rings (SSSR count). The number of amides is 1. The summed E-state index contributed by atoms with van der Waals surface area (Å²) in [5, 5.41) is 44.5. The highest BCUT2D eigenvalue weighted by atomic mass is 32.2. The number of sulfone groups is 2. The third-order valence-corrected chi connectivity index (χ3v) is 14.7. The molecule has 5 aromatic heterocycles. The van der Waals surface area contributed by atoms with Gasteiger partial charge in [0.15, 0.2) is 31.1 Å². The van der Waals surface area contributed by atoms with Gasteiger partial charge in [-0.1, -0.05) is 0 Å². The number of H-pyrrole nitrogens is 2. The van der Waals surface area contributed by atoms with Crippen molar-refractivity contribution in [1.29, 1.82) is 10.5 Å². The zero-order valence-electron chi connectivity index (χ0n) is 39.4. The molecule has 4 N–H and O–H groups in total. The Bertz CT molecular complexity index is 3980. The molecule has 0 atom stereocenters. The fourth-order valence-corrected chi connectivity index (χ4v) is 10.9. The number of nitrogens with zero attached hydrogens (tertiary/aromatic N) is 8. The van der Waals surface area contributed by atoms with Crippen LogP contribution in [0.5, 0.6) is 11.5 Å². The summed E-state index contributed by atoms with van der Waals surface area (Å²) in [7, 11) is -5.71. The molecule has 0 radical (unpaired) electrons. The normalized spacial score (nSPS) is 12.8. The van der Waals surface area contributed by atoms with Gasteiger partial charge in [-0.2, -0.15) is 20.7 Å². The number of methoxy groups -OCH3 is 1. The van der Waals surface area contributed by atoms with E-state index in [0.717, 1.165) is 43.7 Å². The lowest BCUT2D eigenvalue weighted by Gasteiger charge is -2.38. The number of aromatic nitrogens is 7. The first-order valence-corrected chi connectivity index (χ1v) is 26.0. The zero-order chi connectivity index (χ0) is 51.2. The van der Waals surface area contributed by atoms with Gasteiger partial charge in [-0.15, -0.1) is 0 Å². The molecule has 0 unspecified atom stereocenters. The van der Waals surface area contributed by atoms with Crippen LogP contribution in [-0.4, -0.2) is 119 Å². The number of likely N-dealkylation sites (tertiary alicyclic amines) is 1. The summed E-state index contributed by atoms with van der Waals surface area (Å²) < 4.78 is 64.5. The highest BCUT2D eigenvalue weighted by molar-refractivity contribution is 7.91. The topological polar surface area (TPSA) is 284 Å². The summed E-state index contributed by atoms with van der Waals surface area (Å²) in [5.74, 6) is -0.770. The van der Waals surface area contributed by atoms with Crippen molar-refractivity contribution < 1.29 is 41.0 Å². The minimum absolute atomic E-state index is 0.0272. The van der Waals surface area contributed by atoms with Crippen LogP contribution in [0.2, 0.25) is 0 Å². The molecule has 9 aromatic rings. The fourth-order valence-electron chi connectivity index (χ4n) is 8.86. The van der Waals surface area contributed by atoms with Gasteiger partial charge in [0.2, 0.25) is 0 Å². The number of ether oxygens (including phenoxy) is 2. The van der Waals surface area contributed by atoms with Gasteiger partial charge in [0.1, 0.15) is 41.6 Å². The third-order valence-electron chi connectivity index (χ3n) is 12.4. The van der Waals surface area contributed by atoms with E-state index in [4.69, 9.17) is 9.84 Å². The second kappa shape index (κ2) is 18.9. The van der Waals surface area contributed by atoms with E-state index in [1.54, 1.807) is 76.6 Å². The molecule has 0 aliphatic carbocycles. The predicted molar refractivity (Wildman–Crippen MR) is 266 cm³/mol. The number of aromatic amines is 2. The largest absolute Gasteiger partial charge is 0.505 e. The summed E-state index contributed by atoms with van der Waals surface area (Å²) in [4.78, 5) is 36.6. The predicted octanol–water partition coefficient (Wildman–Crippen LogP) is 5.89. The van der Waals surface area contributed by atoms with E-state index in [1.165, 1.54) is 36.8 Å². The molecule has 0 spiro atoms. The fraction of sp³-hybridized carbons (Fsp3) is 0.220. The Morgan fingerprint density at radius 1 is 0.806 bits per heavy atom. The number of benzene rings is 4. The maximum atomic E-state index is 12.7. The molecule has 72 heavy (non-hydrogen) atoms. The SMILES string of the molecule is COC(=O)CNc1c(C#N)ccc2cn(Cc3c(S(C)(=O)=O)cc(C)c4[nH]ccc34)nc12.Cc1cc(S(C)(=O)=O)c(Cn2cc3ccc(C#N)c(OC4CN(C(=O)c5ncccc5O)C4)c3n2)c2cc[nH]c12. The van der Waals surface area contributed by atoms with Crippen LogP contribution in [0.15, 0.2) is 101 Å². The van der Waals surface area contributed by atoms with Crippen molar-refractivity contribution in [3.63, 3.8) is 0 Å². The monoisotopic (exact) mass is 1010 g/mol. The Morgan fingerprint density at radius 3 is 1.88 bits per heavy atom. The first kappa shape index (κ1) is 48.3. The first-order chi connectivity index (χ1) is 34.4. The first-order valence-electron chi connectivity index (χ1n) is 22.2. The maximum absolute atomic E-state index is 12.7. The molecule has 366 valence electrons. The number of rotatable bonds is 12. The second-order valence-electron chi connectivity index (χ2n) is 17.4. The van der Waals surface area contributed by atoms with Gasteiger partial charge >= 0.3 is 5.97 Å². The lowest BCUT2D eigenvalue weighted by Crippen LogP contribution is -2.56. The van der Waals surface area contributed by atoms with Crippen LogP contribution in [-0.2, 0) is 42.3 Å². The van der Waals surface area contributed by atoms with E-state index in [2.05, 4.69) is 42.2 Å². The molecule has 4 aromatic carbocycles. The van der Waals surface area contributed by atoms with Gasteiger partial charge in [0, 0.05) is 87.2 Å². The molecular formula is C50H45N11O9S2. The van der Waals surface area contributed by atoms with E-state index in [9.17, 15) is 42.1 Å². The Labute approximate surface area is 411 Å². The quantitative estimate of drug-likeness (QED) is 0.104. The van der Waals surface area contributed by atoms with Gasteiger partial charge in [-0.25, -0.2) is 21.8 Å². The Balaban J connectivity index is 0.000000182. The second-order valence-corrected chi connectivity index (χ2v) is 21.3. The van der Waals surface area contributed by atoms with Gasteiger partial charge in [0.25, 0.3) is 5.91 Å². The van der Waals surface area contributed by atoms with Crippen molar-refractivity contribution in [1.82, 2.24) is 39.4 Å². The molecule has 6 heterocycles. The summed E-state index contributed by atoms with van der Waals surface area (Å²) in [6, 6.07) is 21.1. The van der Waals surface area contributed by atoms with Crippen molar-refractivity contribution in [2.45, 2.75) is 42.8 Å². The standard InChI is InChI=1S/C28H24N6O5S.C22H21N5O4S/c1-16-10-23(40(2,37)38)21(20-7-9-31-24(16)20)15-34-12-18-6-5-17(11-29)27(25(18)32-34)39-19-13-33(14-19)28(36)26-22(35)4-3-8-30-26;1-13-8-18(32(3,29)30)17(16-6-7-24-20(13)16)12-27-11-15-5-4-14(9-23)21(22(15)26-27)25-10-19(28)31-2/h3-10,12,19,31,35H,13-15H2,1-2H3;4-8,11,24-25H,10,12H2,1-3H3. The number of pyridine rings is 1. The third kappa shape index (κ3) is 9.23. The average molecular weight is 1010 g/mol. The Kier molecular flexibility index (Phi) is 12.7. The van der Waals surface area contributed by atoms with Crippen molar-refractivity contribution >= 4 is 80.9 Å². The van der Waals surface area contributed by atoms with Crippen LogP contribution in [0.4, 0.5) is 5.69 Å². The number of esters is 1. The van der Waals surface area contributed by atoms with E-state index < -0.39 is 31.6 Å². The molecule has 1 saturated heterocycles. The lowest BCUT2D eigenvalue weighted by molar-refractivity contribution is -0.138. The van der Waals surface area contributed by atoms with E-state index in [1.807, 2.05) is 26.0 Å². The van der Waals surface area contributed by atoms with E-state index >= 15 is 0 Å². The molecule has 0 saturated carbocycles. The van der Waals surface area contributed by atoms with Crippen LogP contribution in [0.3, 0.4) is 0 Å². The Hall–Kier alpha value is -8.73. The summed E-state index contributed by atoms with van der Waals surface area (Å²) >= 11 is 0. The van der Waals surface area contributed by atoms with Crippen LogP contribution in [0.1, 0.15) is 43.9 Å². The molecule has 22 heteroatoms. The van der Waals surface area contributed by atoms with Gasteiger partial charge in [-0.05, 0) is 85.6 Å². The van der Waals surface area contributed by atoms with Crippen LogP contribution < -0.4 is 10.1 Å². The number of hydrogen-bond donors (Lipinski definition) is 4. The van der Waals surface area contributed by atoms with Gasteiger partial charge in [0.05, 0.1) is 59.9 Å². The van der Waals surface area contributed by atoms with Crippen LogP contribution >= 0.6 is 0 Å². The highest BCUT2D eigenvalue weighted by Gasteiger charge is 2.35. The van der Waals surface area contributed by atoms with Crippen LogP contribution in [0.25, 0.3) is 43.6 Å². The number of aromatic hydroxyl groups is 1. The molecule has 1 amide bonds. The number of anilines is 1. The smallest absolute Gasteiger partial charge is 0.325 e. The molecule has 1 aliphatic rings. The van der Waals surface area contributed by atoms with Crippen molar-refractivity contribution in [3.05, 3.63) is 131 Å². The van der Waals surface area contributed by atoms with Gasteiger partial charge < -0.3 is 34.8 Å². The summed E-state index contributed by atoms with van der Waals surface area (Å²) in [5.41, 5.74) is 6.65. The van der Waals surface area contributed by atoms with Crippen LogP contribution in [0, 0.1) is 36.5 Å². The number of fused-ring (bicyclic) bond motifs is 4. The average Bonchev–Trinajstić information content (AvgIpc) is 4.17. The van der Waals surface area contributed by atoms with Crippen molar-refractivity contribution in [3.8, 4) is 23.6 Å². The molecule has 0 bridgehead atoms. The maximum Gasteiger partial charge on any atom is 0.325 e. The number of hydrogen-bond acceptors (Lipinski definition) is 15. The van der Waals surface area contributed by atoms with E-state index in [-0.39, 0.29) is 60.1 Å². The molecule has 20 nitrogen and oxygen atoms in total. The highest BCUT2D eigenvalue weighted by Crippen LogP contribution is 2.35. The van der Waals surface area contributed by atoms with E-state index in [0.29, 0.717) is 44.7 Å². The lowest BCUT2D eigenvalue weighted by atomic mass is 10.1. The Morgan fingerprint density at radius 2 is 1.35 bits per heavy atom. The number of carbonyl (C=O) groups is 2. The number of carbonyl (C=O) groups excluding carboxylic acids is 2. The number of nitriles is 2. The molecular weight excluding hydrogens is 963 g/mol. The summed E-state index contributed by atoms with van der Waals surface area (Å²) in [6.45, 7) is 4.52. The molecule has 1 fully saturated rings. The molecule has 1 aliphatic heterocycles. The van der Waals surface area contributed by atoms with Crippen molar-refractivity contribution in [2.24, 2.45) is 0 Å². The van der Waals surface area contributed by atoms with Gasteiger partial charge in [-0.3, -0.25) is 19.0 Å². The summed E-state index contributed by atoms with van der Waals surface area (Å²) in [6.07, 6.45) is 10.6.